The number of rotatable bonds is 9. The summed E-state index contributed by atoms with van der Waals surface area (Å²) in [4.78, 5) is 25.4. The molecule has 0 fully saturated rings. The minimum absolute atomic E-state index is 0.106. The molecular weight excluding hydrogens is 284 g/mol. The molecule has 0 spiro atoms. The smallest absolute Gasteiger partial charge is 0.245 e. The lowest BCUT2D eigenvalue weighted by molar-refractivity contribution is -0.136. The van der Waals surface area contributed by atoms with Crippen LogP contribution in [0.3, 0.4) is 0 Å². The normalized spacial score (nSPS) is 11.5. The van der Waals surface area contributed by atoms with Crippen LogP contribution in [0.4, 0.5) is 0 Å². The van der Waals surface area contributed by atoms with Crippen LogP contribution in [0.5, 0.6) is 0 Å². The van der Waals surface area contributed by atoms with Gasteiger partial charge in [0.25, 0.3) is 0 Å². The Balaban J connectivity index is 2.89. The highest BCUT2D eigenvalue weighted by molar-refractivity contribution is 5.92. The summed E-state index contributed by atoms with van der Waals surface area (Å²) >= 11 is 0. The fourth-order valence-electron chi connectivity index (χ4n) is 2.07. The van der Waals surface area contributed by atoms with Crippen LogP contribution >= 0.6 is 0 Å². The van der Waals surface area contributed by atoms with Gasteiger partial charge in [-0.15, -0.1) is 0 Å². The van der Waals surface area contributed by atoms with Gasteiger partial charge in [0.1, 0.15) is 6.04 Å². The third-order valence-electron chi connectivity index (χ3n) is 3.13. The van der Waals surface area contributed by atoms with Crippen LogP contribution in [0.25, 0.3) is 0 Å². The summed E-state index contributed by atoms with van der Waals surface area (Å²) in [5, 5.41) is 20.7. The molecule has 120 valence electrons. The van der Waals surface area contributed by atoms with Crippen LogP contribution in [0.15, 0.2) is 43.0 Å². The summed E-state index contributed by atoms with van der Waals surface area (Å²) in [7, 11) is 0. The van der Waals surface area contributed by atoms with Crippen LogP contribution in [0.2, 0.25) is 0 Å². The first kappa shape index (κ1) is 17.9. The van der Waals surface area contributed by atoms with E-state index in [2.05, 4.69) is 11.9 Å². The Morgan fingerprint density at radius 3 is 2.27 bits per heavy atom. The molecule has 0 radical (unpaired) electrons. The molecule has 0 saturated heterocycles. The number of benzene rings is 1. The summed E-state index contributed by atoms with van der Waals surface area (Å²) in [6, 6.07) is 8.53. The van der Waals surface area contributed by atoms with Crippen molar-refractivity contribution in [1.82, 2.24) is 10.2 Å². The van der Waals surface area contributed by atoms with Gasteiger partial charge in [-0.1, -0.05) is 36.9 Å². The van der Waals surface area contributed by atoms with Gasteiger partial charge in [0.05, 0.1) is 13.2 Å². The molecule has 6 nitrogen and oxygen atoms in total. The quantitative estimate of drug-likeness (QED) is 0.547. The lowest BCUT2D eigenvalue weighted by Crippen LogP contribution is -2.50. The van der Waals surface area contributed by atoms with Gasteiger partial charge in [-0.05, 0) is 11.6 Å². The summed E-state index contributed by atoms with van der Waals surface area (Å²) < 4.78 is 0. The summed E-state index contributed by atoms with van der Waals surface area (Å²) in [6.07, 6.45) is 1.43. The first-order valence-electron chi connectivity index (χ1n) is 7.09. The van der Waals surface area contributed by atoms with Gasteiger partial charge in [0.2, 0.25) is 11.8 Å². The van der Waals surface area contributed by atoms with Gasteiger partial charge >= 0.3 is 0 Å². The Morgan fingerprint density at radius 2 is 1.77 bits per heavy atom. The molecule has 0 aliphatic heterocycles. The Hall–Kier alpha value is -2.18. The van der Waals surface area contributed by atoms with Crippen molar-refractivity contribution in [3.05, 3.63) is 48.6 Å². The van der Waals surface area contributed by atoms with Crippen LogP contribution in [0.1, 0.15) is 5.56 Å². The number of amides is 2. The van der Waals surface area contributed by atoms with Crippen LogP contribution in [-0.2, 0) is 16.0 Å². The molecule has 1 aromatic carbocycles. The number of aliphatic hydroxyl groups is 2. The summed E-state index contributed by atoms with van der Waals surface area (Å²) in [6.45, 7) is 3.17. The number of carbonyl (C=O) groups excluding carboxylic acids is 2. The van der Waals surface area contributed by atoms with Crippen LogP contribution in [0, 0.1) is 0 Å². The van der Waals surface area contributed by atoms with Crippen molar-refractivity contribution in [1.29, 1.82) is 0 Å². The molecule has 3 N–H and O–H groups in total. The van der Waals surface area contributed by atoms with Gasteiger partial charge in [-0.2, -0.15) is 0 Å². The SMILES string of the molecule is C=CC(=O)N[C@@H](Cc1ccccc1)C(=O)N(CCO)CCO. The first-order valence-corrected chi connectivity index (χ1v) is 7.09. The molecular formula is C16H22N2O4. The number of nitrogens with zero attached hydrogens (tertiary/aromatic N) is 1. The maximum Gasteiger partial charge on any atom is 0.245 e. The molecule has 0 saturated carbocycles. The topological polar surface area (TPSA) is 89.9 Å². The molecule has 6 heteroatoms. The van der Waals surface area contributed by atoms with Crippen LogP contribution < -0.4 is 5.32 Å². The lowest BCUT2D eigenvalue weighted by Gasteiger charge is -2.26. The van der Waals surface area contributed by atoms with Gasteiger partial charge < -0.3 is 20.4 Å². The van der Waals surface area contributed by atoms with E-state index in [1.807, 2.05) is 30.3 Å². The average molecular weight is 306 g/mol. The zero-order valence-corrected chi connectivity index (χ0v) is 12.4. The molecule has 1 rings (SSSR count). The minimum atomic E-state index is -0.772. The van der Waals surface area contributed by atoms with Gasteiger partial charge in [0.15, 0.2) is 0 Å². The standard InChI is InChI=1S/C16H22N2O4/c1-2-15(21)17-14(12-13-6-4-3-5-7-13)16(22)18(8-10-19)9-11-20/h2-7,14,19-20H,1,8-12H2,(H,17,21)/t14-/m0/s1. The summed E-state index contributed by atoms with van der Waals surface area (Å²) in [5.41, 5.74) is 0.901. The van der Waals surface area contributed by atoms with Crippen molar-refractivity contribution in [2.75, 3.05) is 26.3 Å². The molecule has 0 heterocycles. The molecule has 0 bridgehead atoms. The first-order chi connectivity index (χ1) is 10.6. The van der Waals surface area contributed by atoms with Crippen molar-refractivity contribution >= 4 is 11.8 Å². The lowest BCUT2D eigenvalue weighted by atomic mass is 10.0. The number of hydrogen-bond donors (Lipinski definition) is 3. The summed E-state index contributed by atoms with van der Waals surface area (Å²) in [5.74, 6) is -0.788. The Bertz CT molecular complexity index is 484. The minimum Gasteiger partial charge on any atom is -0.395 e. The molecule has 2 amide bonds. The number of hydrogen-bond acceptors (Lipinski definition) is 4. The largest absolute Gasteiger partial charge is 0.395 e. The number of aliphatic hydroxyl groups excluding tert-OH is 2. The second-order valence-electron chi connectivity index (χ2n) is 4.73. The van der Waals surface area contributed by atoms with Crippen molar-refractivity contribution in [2.24, 2.45) is 0 Å². The molecule has 1 aromatic rings. The second-order valence-corrected chi connectivity index (χ2v) is 4.73. The van der Waals surface area contributed by atoms with E-state index < -0.39 is 11.9 Å². The van der Waals surface area contributed by atoms with E-state index in [1.54, 1.807) is 0 Å². The van der Waals surface area contributed by atoms with E-state index in [0.29, 0.717) is 6.42 Å². The van der Waals surface area contributed by atoms with E-state index >= 15 is 0 Å². The van der Waals surface area contributed by atoms with Crippen molar-refractivity contribution in [3.63, 3.8) is 0 Å². The van der Waals surface area contributed by atoms with Crippen LogP contribution in [-0.4, -0.2) is 59.3 Å². The monoisotopic (exact) mass is 306 g/mol. The van der Waals surface area contributed by atoms with E-state index in [1.165, 1.54) is 4.90 Å². The van der Waals surface area contributed by atoms with Gasteiger partial charge in [-0.3, -0.25) is 9.59 Å². The molecule has 1 atom stereocenters. The maximum absolute atomic E-state index is 12.5. The number of nitrogens with one attached hydrogen (secondary N) is 1. The molecule has 0 aliphatic rings. The Kier molecular flexibility index (Phi) is 7.88. The molecule has 22 heavy (non-hydrogen) atoms. The van der Waals surface area contributed by atoms with Gasteiger partial charge in [0, 0.05) is 19.5 Å². The molecule has 0 aromatic heterocycles. The molecule has 0 aliphatic carbocycles. The predicted octanol–water partition coefficient (Wildman–Crippen LogP) is -0.287. The van der Waals surface area contributed by atoms with Crippen molar-refractivity contribution < 1.29 is 19.8 Å². The fraction of sp³-hybridized carbons (Fsp3) is 0.375. The van der Waals surface area contributed by atoms with E-state index in [-0.39, 0.29) is 32.2 Å². The fourth-order valence-corrected chi connectivity index (χ4v) is 2.07. The highest BCUT2D eigenvalue weighted by Gasteiger charge is 2.25. The average Bonchev–Trinajstić information content (AvgIpc) is 2.54. The van der Waals surface area contributed by atoms with Crippen molar-refractivity contribution in [2.45, 2.75) is 12.5 Å². The zero-order valence-electron chi connectivity index (χ0n) is 12.4. The third kappa shape index (κ3) is 5.67. The van der Waals surface area contributed by atoms with E-state index in [9.17, 15) is 9.59 Å². The maximum atomic E-state index is 12.5. The Labute approximate surface area is 130 Å². The predicted molar refractivity (Wildman–Crippen MR) is 83.0 cm³/mol. The van der Waals surface area contributed by atoms with E-state index in [0.717, 1.165) is 11.6 Å². The number of carbonyl (C=O) groups is 2. The Morgan fingerprint density at radius 1 is 1.18 bits per heavy atom. The highest BCUT2D eigenvalue weighted by Crippen LogP contribution is 2.06. The van der Waals surface area contributed by atoms with Gasteiger partial charge in [-0.25, -0.2) is 0 Å². The second kappa shape index (κ2) is 9.70. The van der Waals surface area contributed by atoms with Crippen molar-refractivity contribution in [3.8, 4) is 0 Å². The molecule has 0 unspecified atom stereocenters. The highest BCUT2D eigenvalue weighted by atomic mass is 16.3. The van der Waals surface area contributed by atoms with E-state index in [4.69, 9.17) is 10.2 Å². The zero-order chi connectivity index (χ0) is 16.4. The third-order valence-corrected chi connectivity index (χ3v) is 3.13.